The number of aryl methyl sites for hydroxylation is 1. The summed E-state index contributed by atoms with van der Waals surface area (Å²) in [5.41, 5.74) is 2.22. The van der Waals surface area contributed by atoms with E-state index in [4.69, 9.17) is 4.74 Å². The summed E-state index contributed by atoms with van der Waals surface area (Å²) >= 11 is 0. The topological polar surface area (TPSA) is 41.6 Å². The zero-order valence-corrected chi connectivity index (χ0v) is 14.2. The Labute approximate surface area is 133 Å². The summed E-state index contributed by atoms with van der Waals surface area (Å²) in [5, 5.41) is 2.89. The van der Waals surface area contributed by atoms with Gasteiger partial charge in [0.15, 0.2) is 0 Å². The fourth-order valence-electron chi connectivity index (χ4n) is 2.72. The van der Waals surface area contributed by atoms with Gasteiger partial charge in [-0.2, -0.15) is 0 Å². The lowest BCUT2D eigenvalue weighted by Gasteiger charge is -2.21. The highest BCUT2D eigenvalue weighted by Crippen LogP contribution is 2.18. The standard InChI is InChI=1S/C18H28N2O2/c1-14-5-7-15(8-6-14)12-20-10-9-16(13-20)11-19-17(21)22-18(2,3)4/h5-8,16H,9-13H2,1-4H3,(H,19,21). The van der Waals surface area contributed by atoms with E-state index in [-0.39, 0.29) is 6.09 Å². The molecule has 1 aliphatic rings. The van der Waals surface area contributed by atoms with Crippen LogP contribution in [0.3, 0.4) is 0 Å². The lowest BCUT2D eigenvalue weighted by atomic mass is 10.1. The van der Waals surface area contributed by atoms with Crippen LogP contribution in [0.4, 0.5) is 4.79 Å². The second-order valence-electron chi connectivity index (χ2n) is 7.26. The van der Waals surface area contributed by atoms with Gasteiger partial charge in [-0.15, -0.1) is 0 Å². The zero-order chi connectivity index (χ0) is 16.2. The van der Waals surface area contributed by atoms with Crippen LogP contribution in [0.5, 0.6) is 0 Å². The van der Waals surface area contributed by atoms with Crippen LogP contribution < -0.4 is 5.32 Å². The van der Waals surface area contributed by atoms with Gasteiger partial charge in [0.2, 0.25) is 0 Å². The molecule has 0 aliphatic carbocycles. The maximum Gasteiger partial charge on any atom is 0.407 e. The highest BCUT2D eigenvalue weighted by molar-refractivity contribution is 5.67. The first-order chi connectivity index (χ1) is 10.3. The molecule has 4 heteroatoms. The summed E-state index contributed by atoms with van der Waals surface area (Å²) in [7, 11) is 0. The third-order valence-corrected chi connectivity index (χ3v) is 3.83. The number of carbonyl (C=O) groups is 1. The molecular formula is C18H28N2O2. The van der Waals surface area contributed by atoms with Crippen molar-refractivity contribution in [1.29, 1.82) is 0 Å². The summed E-state index contributed by atoms with van der Waals surface area (Å²) in [6.45, 7) is 11.6. The Morgan fingerprint density at radius 1 is 1.32 bits per heavy atom. The van der Waals surface area contributed by atoms with Crippen LogP contribution >= 0.6 is 0 Å². The Kier molecular flexibility index (Phi) is 5.46. The van der Waals surface area contributed by atoms with E-state index in [1.54, 1.807) is 0 Å². The number of hydrogen-bond acceptors (Lipinski definition) is 3. The van der Waals surface area contributed by atoms with Crippen molar-refractivity contribution in [2.24, 2.45) is 5.92 Å². The Morgan fingerprint density at radius 3 is 2.64 bits per heavy atom. The zero-order valence-electron chi connectivity index (χ0n) is 14.2. The fourth-order valence-corrected chi connectivity index (χ4v) is 2.72. The average Bonchev–Trinajstić information content (AvgIpc) is 2.85. The number of benzene rings is 1. The molecule has 0 aromatic heterocycles. The van der Waals surface area contributed by atoms with Crippen molar-refractivity contribution in [3.8, 4) is 0 Å². The number of rotatable bonds is 4. The third kappa shape index (κ3) is 5.68. The van der Waals surface area contributed by atoms with Crippen molar-refractivity contribution in [1.82, 2.24) is 10.2 Å². The molecule has 1 atom stereocenters. The van der Waals surface area contributed by atoms with Crippen LogP contribution in [0.25, 0.3) is 0 Å². The maximum atomic E-state index is 11.7. The van der Waals surface area contributed by atoms with Crippen molar-refractivity contribution in [2.45, 2.75) is 46.3 Å². The maximum absolute atomic E-state index is 11.7. The Bertz CT molecular complexity index is 491. The number of nitrogens with zero attached hydrogens (tertiary/aromatic N) is 1. The van der Waals surface area contributed by atoms with Crippen LogP contribution in [-0.4, -0.2) is 36.2 Å². The molecular weight excluding hydrogens is 276 g/mol. The van der Waals surface area contributed by atoms with Crippen LogP contribution in [-0.2, 0) is 11.3 Å². The third-order valence-electron chi connectivity index (χ3n) is 3.83. The largest absolute Gasteiger partial charge is 0.444 e. The van der Waals surface area contributed by atoms with Gasteiger partial charge in [0.1, 0.15) is 5.60 Å². The molecule has 1 saturated heterocycles. The molecule has 1 aromatic rings. The molecule has 1 amide bonds. The quantitative estimate of drug-likeness (QED) is 0.927. The van der Waals surface area contributed by atoms with Gasteiger partial charge < -0.3 is 10.1 Å². The highest BCUT2D eigenvalue weighted by Gasteiger charge is 2.24. The molecule has 1 aromatic carbocycles. The SMILES string of the molecule is Cc1ccc(CN2CCC(CNC(=O)OC(C)(C)C)C2)cc1. The molecule has 1 aliphatic heterocycles. The van der Waals surface area contributed by atoms with Crippen molar-refractivity contribution < 1.29 is 9.53 Å². The van der Waals surface area contributed by atoms with E-state index in [1.807, 2.05) is 20.8 Å². The predicted octanol–water partition coefficient (Wildman–Crippen LogP) is 3.34. The first kappa shape index (κ1) is 16.8. The summed E-state index contributed by atoms with van der Waals surface area (Å²) in [6, 6.07) is 8.71. The summed E-state index contributed by atoms with van der Waals surface area (Å²) in [6.07, 6.45) is 0.811. The monoisotopic (exact) mass is 304 g/mol. The van der Waals surface area contributed by atoms with Crippen molar-refractivity contribution in [3.05, 3.63) is 35.4 Å². The second-order valence-corrected chi connectivity index (χ2v) is 7.26. The minimum atomic E-state index is -0.433. The average molecular weight is 304 g/mol. The summed E-state index contributed by atoms with van der Waals surface area (Å²) in [5.74, 6) is 0.512. The Morgan fingerprint density at radius 2 is 2.00 bits per heavy atom. The second kappa shape index (κ2) is 7.14. The normalized spacial score (nSPS) is 19.2. The van der Waals surface area contributed by atoms with E-state index in [0.717, 1.165) is 26.1 Å². The first-order valence-electron chi connectivity index (χ1n) is 8.06. The molecule has 1 fully saturated rings. The number of amides is 1. The van der Waals surface area contributed by atoms with E-state index in [9.17, 15) is 4.79 Å². The van der Waals surface area contributed by atoms with E-state index in [1.165, 1.54) is 11.1 Å². The Hall–Kier alpha value is -1.55. The van der Waals surface area contributed by atoms with Crippen LogP contribution in [0, 0.1) is 12.8 Å². The lowest BCUT2D eigenvalue weighted by Crippen LogP contribution is -2.35. The number of ether oxygens (including phenoxy) is 1. The Balaban J connectivity index is 1.71. The number of likely N-dealkylation sites (tertiary alicyclic amines) is 1. The fraction of sp³-hybridized carbons (Fsp3) is 0.611. The van der Waals surface area contributed by atoms with E-state index < -0.39 is 5.60 Å². The molecule has 0 radical (unpaired) electrons. The van der Waals surface area contributed by atoms with Crippen molar-refractivity contribution in [3.63, 3.8) is 0 Å². The van der Waals surface area contributed by atoms with Gasteiger partial charge >= 0.3 is 6.09 Å². The van der Waals surface area contributed by atoms with Crippen LogP contribution in [0.2, 0.25) is 0 Å². The van der Waals surface area contributed by atoms with Gasteiger partial charge in [0, 0.05) is 19.6 Å². The first-order valence-corrected chi connectivity index (χ1v) is 8.06. The van der Waals surface area contributed by atoms with Gasteiger partial charge in [-0.3, -0.25) is 4.90 Å². The molecule has 122 valence electrons. The van der Waals surface area contributed by atoms with E-state index in [2.05, 4.69) is 41.4 Å². The van der Waals surface area contributed by atoms with E-state index >= 15 is 0 Å². The van der Waals surface area contributed by atoms with Crippen molar-refractivity contribution >= 4 is 6.09 Å². The number of nitrogens with one attached hydrogen (secondary N) is 1. The molecule has 1 unspecified atom stereocenters. The van der Waals surface area contributed by atoms with Crippen LogP contribution in [0.15, 0.2) is 24.3 Å². The summed E-state index contributed by atoms with van der Waals surface area (Å²) < 4.78 is 5.27. The van der Waals surface area contributed by atoms with E-state index in [0.29, 0.717) is 12.5 Å². The number of hydrogen-bond donors (Lipinski definition) is 1. The molecule has 1 heterocycles. The summed E-state index contributed by atoms with van der Waals surface area (Å²) in [4.78, 5) is 14.1. The molecule has 4 nitrogen and oxygen atoms in total. The van der Waals surface area contributed by atoms with Gasteiger partial charge in [-0.25, -0.2) is 4.79 Å². The predicted molar refractivity (Wildman–Crippen MR) is 88.8 cm³/mol. The molecule has 2 rings (SSSR count). The molecule has 22 heavy (non-hydrogen) atoms. The smallest absolute Gasteiger partial charge is 0.407 e. The molecule has 0 spiro atoms. The van der Waals surface area contributed by atoms with Gasteiger partial charge in [0.25, 0.3) is 0 Å². The van der Waals surface area contributed by atoms with Crippen LogP contribution in [0.1, 0.15) is 38.3 Å². The molecule has 0 bridgehead atoms. The molecule has 1 N–H and O–H groups in total. The van der Waals surface area contributed by atoms with Gasteiger partial charge in [-0.05, 0) is 52.1 Å². The highest BCUT2D eigenvalue weighted by atomic mass is 16.6. The number of alkyl carbamates (subject to hydrolysis) is 1. The van der Waals surface area contributed by atoms with Gasteiger partial charge in [-0.1, -0.05) is 29.8 Å². The number of carbonyl (C=O) groups excluding carboxylic acids is 1. The molecule has 0 saturated carbocycles. The van der Waals surface area contributed by atoms with Gasteiger partial charge in [0.05, 0.1) is 0 Å². The minimum Gasteiger partial charge on any atom is -0.444 e. The lowest BCUT2D eigenvalue weighted by molar-refractivity contribution is 0.0519. The van der Waals surface area contributed by atoms with Crippen molar-refractivity contribution in [2.75, 3.05) is 19.6 Å². The minimum absolute atomic E-state index is 0.315.